The summed E-state index contributed by atoms with van der Waals surface area (Å²) in [5, 5.41) is 2.93. The second kappa shape index (κ2) is 4.90. The first-order valence-corrected chi connectivity index (χ1v) is 5.93. The number of aromatic nitrogens is 1. The summed E-state index contributed by atoms with van der Waals surface area (Å²) in [4.78, 5) is 8.65. The van der Waals surface area contributed by atoms with Crippen molar-refractivity contribution in [2.24, 2.45) is 10.7 Å². The zero-order valence-corrected chi connectivity index (χ0v) is 9.82. The fourth-order valence-electron chi connectivity index (χ4n) is 1.39. The van der Waals surface area contributed by atoms with Crippen molar-refractivity contribution in [3.8, 4) is 0 Å². The number of nitrogens with zero attached hydrogens (tertiary/aromatic N) is 2. The molecule has 0 radical (unpaired) electrons. The van der Waals surface area contributed by atoms with Crippen LogP contribution in [0.3, 0.4) is 0 Å². The highest BCUT2D eigenvalue weighted by Gasteiger charge is 2.07. The summed E-state index contributed by atoms with van der Waals surface area (Å²) in [5.41, 5.74) is 6.88. The van der Waals surface area contributed by atoms with Gasteiger partial charge in [0.25, 0.3) is 0 Å². The van der Waals surface area contributed by atoms with Crippen molar-refractivity contribution in [2.75, 3.05) is 0 Å². The number of hydrogen-bond donors (Lipinski definition) is 1. The molecule has 0 saturated carbocycles. The molecule has 1 atom stereocenters. The molecule has 3 nitrogen and oxygen atoms in total. The Morgan fingerprint density at radius 1 is 1.38 bits per heavy atom. The fraction of sp³-hybridized carbons (Fsp3) is 0.167. The number of aliphatic imine (C=N–C) groups is 1. The summed E-state index contributed by atoms with van der Waals surface area (Å²) >= 11 is 1.59. The Morgan fingerprint density at radius 3 is 2.75 bits per heavy atom. The number of hydrogen-bond acceptors (Lipinski definition) is 3. The molecule has 4 heteroatoms. The maximum atomic E-state index is 5.93. The minimum absolute atomic E-state index is 0.0141. The van der Waals surface area contributed by atoms with Gasteiger partial charge in [0.2, 0.25) is 0 Å². The Labute approximate surface area is 98.7 Å². The lowest BCUT2D eigenvalue weighted by Crippen LogP contribution is -2.14. The van der Waals surface area contributed by atoms with Crippen LogP contribution in [0.15, 0.2) is 46.9 Å². The Balaban J connectivity index is 2.19. The van der Waals surface area contributed by atoms with E-state index in [0.29, 0.717) is 5.84 Å². The molecule has 2 rings (SSSR count). The van der Waals surface area contributed by atoms with Crippen LogP contribution < -0.4 is 5.73 Å². The third-order valence-corrected chi connectivity index (χ3v) is 3.16. The van der Waals surface area contributed by atoms with Crippen LogP contribution in [0.2, 0.25) is 0 Å². The zero-order chi connectivity index (χ0) is 11.4. The van der Waals surface area contributed by atoms with Crippen LogP contribution in [0.25, 0.3) is 0 Å². The van der Waals surface area contributed by atoms with Crippen LogP contribution in [-0.2, 0) is 0 Å². The van der Waals surface area contributed by atoms with Gasteiger partial charge in [0.1, 0.15) is 16.9 Å². The van der Waals surface area contributed by atoms with Crippen molar-refractivity contribution >= 4 is 17.2 Å². The van der Waals surface area contributed by atoms with E-state index in [1.165, 1.54) is 0 Å². The van der Waals surface area contributed by atoms with E-state index in [4.69, 9.17) is 5.73 Å². The van der Waals surface area contributed by atoms with Gasteiger partial charge in [-0.25, -0.2) is 4.98 Å². The average molecular weight is 231 g/mol. The molecule has 0 saturated heterocycles. The fourth-order valence-corrected chi connectivity index (χ4v) is 2.02. The van der Waals surface area contributed by atoms with E-state index < -0.39 is 0 Å². The predicted molar refractivity (Wildman–Crippen MR) is 67.7 cm³/mol. The Kier molecular flexibility index (Phi) is 3.31. The highest BCUT2D eigenvalue weighted by molar-refractivity contribution is 7.09. The summed E-state index contributed by atoms with van der Waals surface area (Å²) in [6, 6.07) is 9.78. The van der Waals surface area contributed by atoms with E-state index in [9.17, 15) is 0 Å². The van der Waals surface area contributed by atoms with Gasteiger partial charge in [-0.15, -0.1) is 11.3 Å². The SMILES string of the molecule is CC(N=C(N)c1ccccc1)c1nccs1. The molecule has 0 spiro atoms. The number of rotatable bonds is 3. The van der Waals surface area contributed by atoms with E-state index in [0.717, 1.165) is 10.6 Å². The van der Waals surface area contributed by atoms with Crippen LogP contribution in [0.5, 0.6) is 0 Å². The quantitative estimate of drug-likeness (QED) is 0.652. The topological polar surface area (TPSA) is 51.3 Å². The molecular weight excluding hydrogens is 218 g/mol. The smallest absolute Gasteiger partial charge is 0.126 e. The monoisotopic (exact) mass is 231 g/mol. The van der Waals surface area contributed by atoms with Gasteiger partial charge in [-0.1, -0.05) is 30.3 Å². The molecule has 1 unspecified atom stereocenters. The highest BCUT2D eigenvalue weighted by Crippen LogP contribution is 2.19. The van der Waals surface area contributed by atoms with Crippen LogP contribution >= 0.6 is 11.3 Å². The second-order valence-corrected chi connectivity index (χ2v) is 4.35. The van der Waals surface area contributed by atoms with Crippen molar-refractivity contribution in [3.63, 3.8) is 0 Å². The number of amidine groups is 1. The van der Waals surface area contributed by atoms with Gasteiger partial charge in [-0.2, -0.15) is 0 Å². The predicted octanol–water partition coefficient (Wildman–Crippen LogP) is 2.61. The Morgan fingerprint density at radius 2 is 2.12 bits per heavy atom. The number of benzene rings is 1. The van der Waals surface area contributed by atoms with Gasteiger partial charge in [0, 0.05) is 17.1 Å². The summed E-state index contributed by atoms with van der Waals surface area (Å²) in [5.74, 6) is 0.559. The molecule has 1 aromatic carbocycles. The Bertz CT molecular complexity index is 462. The minimum Gasteiger partial charge on any atom is -0.383 e. The van der Waals surface area contributed by atoms with Crippen molar-refractivity contribution in [2.45, 2.75) is 13.0 Å². The lowest BCUT2D eigenvalue weighted by molar-refractivity contribution is 0.807. The standard InChI is InChI=1S/C12H13N3S/c1-9(12-14-7-8-16-12)15-11(13)10-5-3-2-4-6-10/h2-9H,1H3,(H2,13,15). The highest BCUT2D eigenvalue weighted by atomic mass is 32.1. The van der Waals surface area contributed by atoms with Crippen molar-refractivity contribution in [1.82, 2.24) is 4.98 Å². The van der Waals surface area contributed by atoms with Crippen molar-refractivity contribution < 1.29 is 0 Å². The molecule has 2 N–H and O–H groups in total. The Hall–Kier alpha value is -1.68. The van der Waals surface area contributed by atoms with Crippen LogP contribution in [0.4, 0.5) is 0 Å². The summed E-state index contributed by atoms with van der Waals surface area (Å²) in [6.45, 7) is 1.99. The minimum atomic E-state index is 0.0141. The zero-order valence-electron chi connectivity index (χ0n) is 9.00. The second-order valence-electron chi connectivity index (χ2n) is 3.43. The first kappa shape index (κ1) is 10.8. The van der Waals surface area contributed by atoms with Gasteiger partial charge in [0.05, 0.1) is 0 Å². The molecule has 82 valence electrons. The molecule has 2 aromatic rings. The van der Waals surface area contributed by atoms with Gasteiger partial charge in [0.15, 0.2) is 0 Å². The molecule has 0 bridgehead atoms. The summed E-state index contributed by atoms with van der Waals surface area (Å²) in [7, 11) is 0. The van der Waals surface area contributed by atoms with Crippen LogP contribution in [0.1, 0.15) is 23.5 Å². The van der Waals surface area contributed by atoms with Crippen molar-refractivity contribution in [1.29, 1.82) is 0 Å². The lowest BCUT2D eigenvalue weighted by atomic mass is 10.2. The number of thiazole rings is 1. The van der Waals surface area contributed by atoms with Crippen LogP contribution in [-0.4, -0.2) is 10.8 Å². The molecule has 1 aromatic heterocycles. The molecule has 1 heterocycles. The van der Waals surface area contributed by atoms with E-state index in [1.54, 1.807) is 17.5 Å². The number of nitrogens with two attached hydrogens (primary N) is 1. The first-order valence-electron chi connectivity index (χ1n) is 5.05. The van der Waals surface area contributed by atoms with E-state index in [-0.39, 0.29) is 6.04 Å². The molecule has 16 heavy (non-hydrogen) atoms. The van der Waals surface area contributed by atoms with Crippen molar-refractivity contribution in [3.05, 3.63) is 52.5 Å². The van der Waals surface area contributed by atoms with Gasteiger partial charge < -0.3 is 5.73 Å². The average Bonchev–Trinajstić information content (AvgIpc) is 2.83. The molecule has 0 aliphatic carbocycles. The molecule has 0 fully saturated rings. The molecule has 0 aliphatic rings. The molecule has 0 aliphatic heterocycles. The first-order chi connectivity index (χ1) is 7.77. The lowest BCUT2D eigenvalue weighted by Gasteiger charge is -2.05. The van der Waals surface area contributed by atoms with Crippen LogP contribution in [0, 0.1) is 0 Å². The maximum absolute atomic E-state index is 5.93. The normalized spacial score (nSPS) is 13.7. The maximum Gasteiger partial charge on any atom is 0.126 e. The molecular formula is C12H13N3S. The third kappa shape index (κ3) is 2.46. The third-order valence-electron chi connectivity index (χ3n) is 2.21. The van der Waals surface area contributed by atoms with Gasteiger partial charge >= 0.3 is 0 Å². The molecule has 0 amide bonds. The van der Waals surface area contributed by atoms with Gasteiger partial charge in [-0.05, 0) is 6.92 Å². The van der Waals surface area contributed by atoms with Gasteiger partial charge in [-0.3, -0.25) is 4.99 Å². The van der Waals surface area contributed by atoms with E-state index in [1.807, 2.05) is 42.6 Å². The summed E-state index contributed by atoms with van der Waals surface area (Å²) < 4.78 is 0. The van der Waals surface area contributed by atoms with E-state index in [2.05, 4.69) is 9.98 Å². The largest absolute Gasteiger partial charge is 0.383 e. The summed E-state index contributed by atoms with van der Waals surface area (Å²) in [6.07, 6.45) is 1.78. The van der Waals surface area contributed by atoms with E-state index >= 15 is 0 Å².